The zero-order valence-corrected chi connectivity index (χ0v) is 14.1. The molecule has 0 atom stereocenters. The first-order chi connectivity index (χ1) is 11.5. The van der Waals surface area contributed by atoms with Crippen LogP contribution in [0.15, 0.2) is 18.2 Å². The molecule has 0 bridgehead atoms. The van der Waals surface area contributed by atoms with E-state index in [9.17, 15) is 9.18 Å². The summed E-state index contributed by atoms with van der Waals surface area (Å²) in [6.07, 6.45) is 0. The number of halogens is 1. The number of aromatic nitrogens is 2. The van der Waals surface area contributed by atoms with Crippen molar-refractivity contribution >= 4 is 17.3 Å². The third-order valence-corrected chi connectivity index (χ3v) is 4.39. The molecule has 7 heteroatoms. The lowest BCUT2D eigenvalue weighted by atomic mass is 10.1. The lowest BCUT2D eigenvalue weighted by Gasteiger charge is -2.37. The maximum Gasteiger partial charge on any atom is 0.337 e. The van der Waals surface area contributed by atoms with E-state index in [1.165, 1.54) is 19.2 Å². The van der Waals surface area contributed by atoms with Crippen LogP contribution >= 0.6 is 0 Å². The number of nitrogens with zero attached hydrogens (tertiary/aromatic N) is 3. The van der Waals surface area contributed by atoms with Crippen molar-refractivity contribution in [3.05, 3.63) is 41.0 Å². The first kappa shape index (κ1) is 16.3. The summed E-state index contributed by atoms with van der Waals surface area (Å²) in [5.74, 6) is -0.786. The van der Waals surface area contributed by atoms with E-state index < -0.39 is 5.97 Å². The number of nitrogens with one attached hydrogen (secondary N) is 1. The summed E-state index contributed by atoms with van der Waals surface area (Å²) in [6.45, 7) is 6.86. The van der Waals surface area contributed by atoms with Crippen molar-refractivity contribution in [1.29, 1.82) is 0 Å². The van der Waals surface area contributed by atoms with Crippen LogP contribution in [0.25, 0.3) is 0 Å². The number of aryl methyl sites for hydroxylation is 2. The first-order valence-electron chi connectivity index (χ1n) is 7.90. The van der Waals surface area contributed by atoms with Gasteiger partial charge in [0.2, 0.25) is 0 Å². The largest absolute Gasteiger partial charge is 0.465 e. The zero-order chi connectivity index (χ0) is 17.3. The second-order valence-corrected chi connectivity index (χ2v) is 5.91. The average Bonchev–Trinajstić information content (AvgIpc) is 2.93. The molecule has 0 aliphatic carbocycles. The number of hydrogen-bond donors (Lipinski definition) is 1. The molecule has 0 radical (unpaired) electrons. The van der Waals surface area contributed by atoms with Crippen LogP contribution in [0.5, 0.6) is 0 Å². The standard InChI is InChI=1S/C17H21FN4O2/c1-11-16(12(2)20-19-11)22-8-6-21(7-9-22)15-10-13(17(23)24-3)4-5-14(15)18/h4-5,10H,6-9H2,1-3H3,(H,19,20). The van der Waals surface area contributed by atoms with E-state index in [1.807, 2.05) is 18.7 Å². The topological polar surface area (TPSA) is 61.5 Å². The fraction of sp³-hybridized carbons (Fsp3) is 0.412. The summed E-state index contributed by atoms with van der Waals surface area (Å²) in [5.41, 5.74) is 3.94. The second kappa shape index (κ2) is 6.51. The van der Waals surface area contributed by atoms with Crippen LogP contribution in [-0.4, -0.2) is 49.5 Å². The van der Waals surface area contributed by atoms with Crippen LogP contribution in [0.1, 0.15) is 21.7 Å². The molecule has 0 saturated carbocycles. The van der Waals surface area contributed by atoms with Gasteiger partial charge >= 0.3 is 5.97 Å². The molecule has 1 aliphatic rings. The molecule has 2 aromatic rings. The van der Waals surface area contributed by atoms with Gasteiger partial charge in [0.25, 0.3) is 0 Å². The molecule has 1 N–H and O–H groups in total. The van der Waals surface area contributed by atoms with Crippen molar-refractivity contribution in [2.45, 2.75) is 13.8 Å². The van der Waals surface area contributed by atoms with Crippen LogP contribution in [0.3, 0.4) is 0 Å². The van der Waals surface area contributed by atoms with Gasteiger partial charge in [-0.25, -0.2) is 9.18 Å². The van der Waals surface area contributed by atoms with Gasteiger partial charge < -0.3 is 14.5 Å². The molecule has 1 saturated heterocycles. The smallest absolute Gasteiger partial charge is 0.337 e. The summed E-state index contributed by atoms with van der Waals surface area (Å²) in [5, 5.41) is 7.23. The van der Waals surface area contributed by atoms with E-state index in [2.05, 4.69) is 15.1 Å². The summed E-state index contributed by atoms with van der Waals surface area (Å²) in [4.78, 5) is 15.9. The Morgan fingerprint density at radius 1 is 1.21 bits per heavy atom. The quantitative estimate of drug-likeness (QED) is 0.874. The van der Waals surface area contributed by atoms with E-state index in [-0.39, 0.29) is 5.82 Å². The molecule has 3 rings (SSSR count). The van der Waals surface area contributed by atoms with Gasteiger partial charge in [0.15, 0.2) is 0 Å². The normalized spacial score (nSPS) is 14.8. The lowest BCUT2D eigenvalue weighted by molar-refractivity contribution is 0.0600. The Labute approximate surface area is 140 Å². The number of ether oxygens (including phenoxy) is 1. The summed E-state index contributed by atoms with van der Waals surface area (Å²) in [7, 11) is 1.32. The van der Waals surface area contributed by atoms with Gasteiger partial charge in [0.1, 0.15) is 5.82 Å². The number of rotatable bonds is 3. The highest BCUT2D eigenvalue weighted by Gasteiger charge is 2.23. The molecule has 24 heavy (non-hydrogen) atoms. The molecule has 1 aromatic carbocycles. The number of hydrogen-bond acceptors (Lipinski definition) is 5. The van der Waals surface area contributed by atoms with Crippen molar-refractivity contribution in [3.8, 4) is 0 Å². The van der Waals surface area contributed by atoms with Crippen molar-refractivity contribution in [2.75, 3.05) is 43.1 Å². The highest BCUT2D eigenvalue weighted by Crippen LogP contribution is 2.27. The maximum atomic E-state index is 14.2. The van der Waals surface area contributed by atoms with Crippen LogP contribution in [0, 0.1) is 19.7 Å². The Kier molecular flexibility index (Phi) is 4.42. The van der Waals surface area contributed by atoms with Crippen molar-refractivity contribution in [3.63, 3.8) is 0 Å². The Morgan fingerprint density at radius 3 is 2.46 bits per heavy atom. The SMILES string of the molecule is COC(=O)c1ccc(F)c(N2CCN(c3c(C)n[nH]c3C)CC2)c1. The van der Waals surface area contributed by atoms with Gasteiger partial charge in [-0.15, -0.1) is 0 Å². The molecule has 0 amide bonds. The third kappa shape index (κ3) is 2.93. The van der Waals surface area contributed by atoms with Crippen LogP contribution in [0.2, 0.25) is 0 Å². The van der Waals surface area contributed by atoms with Crippen LogP contribution in [0.4, 0.5) is 15.8 Å². The minimum absolute atomic E-state index is 0.327. The van der Waals surface area contributed by atoms with Gasteiger partial charge in [0, 0.05) is 26.2 Å². The Bertz CT molecular complexity index is 732. The van der Waals surface area contributed by atoms with Gasteiger partial charge in [0.05, 0.1) is 35.4 Å². The van der Waals surface area contributed by atoms with E-state index >= 15 is 0 Å². The maximum absolute atomic E-state index is 14.2. The predicted octanol–water partition coefficient (Wildman–Crippen LogP) is 2.28. The number of methoxy groups -OCH3 is 1. The number of carbonyl (C=O) groups excluding carboxylic acids is 1. The molecule has 6 nitrogen and oxygen atoms in total. The Balaban J connectivity index is 1.76. The number of benzene rings is 1. The molecular formula is C17H21FN4O2. The Morgan fingerprint density at radius 2 is 1.88 bits per heavy atom. The fourth-order valence-corrected chi connectivity index (χ4v) is 3.18. The molecular weight excluding hydrogens is 311 g/mol. The molecule has 1 aromatic heterocycles. The van der Waals surface area contributed by atoms with E-state index in [4.69, 9.17) is 4.74 Å². The van der Waals surface area contributed by atoms with Gasteiger partial charge in [-0.3, -0.25) is 5.10 Å². The van der Waals surface area contributed by atoms with E-state index in [0.717, 1.165) is 30.2 Å². The molecule has 128 valence electrons. The summed E-state index contributed by atoms with van der Waals surface area (Å²) >= 11 is 0. The van der Waals surface area contributed by atoms with Crippen molar-refractivity contribution < 1.29 is 13.9 Å². The number of aromatic amines is 1. The zero-order valence-electron chi connectivity index (χ0n) is 14.1. The Hall–Kier alpha value is -2.57. The predicted molar refractivity (Wildman–Crippen MR) is 90.2 cm³/mol. The van der Waals surface area contributed by atoms with Gasteiger partial charge in [-0.1, -0.05) is 0 Å². The highest BCUT2D eigenvalue weighted by atomic mass is 19.1. The fourth-order valence-electron chi connectivity index (χ4n) is 3.18. The number of piperazine rings is 1. The first-order valence-corrected chi connectivity index (χ1v) is 7.90. The average molecular weight is 332 g/mol. The number of H-pyrrole nitrogens is 1. The van der Waals surface area contributed by atoms with Crippen molar-refractivity contribution in [2.24, 2.45) is 0 Å². The second-order valence-electron chi connectivity index (χ2n) is 5.91. The highest BCUT2D eigenvalue weighted by molar-refractivity contribution is 5.90. The number of esters is 1. The molecule has 0 spiro atoms. The van der Waals surface area contributed by atoms with Crippen LogP contribution in [-0.2, 0) is 4.74 Å². The van der Waals surface area contributed by atoms with Gasteiger partial charge in [-0.05, 0) is 32.0 Å². The molecule has 2 heterocycles. The van der Waals surface area contributed by atoms with Crippen LogP contribution < -0.4 is 9.80 Å². The van der Waals surface area contributed by atoms with Gasteiger partial charge in [-0.2, -0.15) is 5.10 Å². The van der Waals surface area contributed by atoms with Crippen molar-refractivity contribution in [1.82, 2.24) is 10.2 Å². The molecule has 1 fully saturated rings. The summed E-state index contributed by atoms with van der Waals surface area (Å²) < 4.78 is 18.9. The molecule has 1 aliphatic heterocycles. The number of anilines is 2. The number of carbonyl (C=O) groups is 1. The van der Waals surface area contributed by atoms with E-state index in [0.29, 0.717) is 24.3 Å². The summed E-state index contributed by atoms with van der Waals surface area (Å²) in [6, 6.07) is 4.32. The minimum Gasteiger partial charge on any atom is -0.465 e. The van der Waals surface area contributed by atoms with E-state index in [1.54, 1.807) is 6.07 Å². The third-order valence-electron chi connectivity index (χ3n) is 4.39. The molecule has 0 unspecified atom stereocenters. The monoisotopic (exact) mass is 332 g/mol. The minimum atomic E-state index is -0.459. The lowest BCUT2D eigenvalue weighted by Crippen LogP contribution is -2.47.